The molecule has 0 radical (unpaired) electrons. The maximum Gasteiger partial charge on any atom is 0.123 e. The molecular formula is C9H19NO. The Hall–Kier alpha value is -0.370. The molecule has 1 saturated carbocycles. The van der Waals surface area contributed by atoms with Gasteiger partial charge in [-0.05, 0) is 26.4 Å². The topological polar surface area (TPSA) is 29.1 Å². The van der Waals surface area contributed by atoms with Crippen LogP contribution in [0, 0.1) is 5.92 Å². The zero-order chi connectivity index (χ0) is 8.53. The molecule has 0 heterocycles. The van der Waals surface area contributed by atoms with Crippen LogP contribution in [-0.2, 0) is 4.79 Å². The van der Waals surface area contributed by atoms with Crippen molar-refractivity contribution in [2.24, 2.45) is 5.92 Å². The fraction of sp³-hybridized carbons (Fsp3) is 0.889. The maximum absolute atomic E-state index is 10.0. The third-order valence-electron chi connectivity index (χ3n) is 1.95. The molecule has 0 bridgehead atoms. The van der Waals surface area contributed by atoms with Crippen LogP contribution in [0.1, 0.15) is 32.6 Å². The zero-order valence-corrected chi connectivity index (χ0v) is 7.60. The van der Waals surface area contributed by atoms with Crippen LogP contribution in [0.4, 0.5) is 0 Å². The summed E-state index contributed by atoms with van der Waals surface area (Å²) in [4.78, 5) is 10.0. The van der Waals surface area contributed by atoms with Crippen LogP contribution in [0.2, 0.25) is 0 Å². The number of carbonyl (C=O) groups is 1. The lowest BCUT2D eigenvalue weighted by Crippen LogP contribution is -2.01. The minimum atomic E-state index is 0.417. The van der Waals surface area contributed by atoms with E-state index in [4.69, 9.17) is 0 Å². The molecule has 0 aliphatic heterocycles. The van der Waals surface area contributed by atoms with E-state index in [9.17, 15) is 4.79 Å². The van der Waals surface area contributed by atoms with E-state index >= 15 is 0 Å². The van der Waals surface area contributed by atoms with Gasteiger partial charge in [0.05, 0.1) is 0 Å². The minimum absolute atomic E-state index is 0.417. The lowest BCUT2D eigenvalue weighted by atomic mass is 10.1. The average Bonchev–Trinajstić information content (AvgIpc) is 2.56. The van der Waals surface area contributed by atoms with Gasteiger partial charge in [0.2, 0.25) is 0 Å². The molecule has 66 valence electrons. The summed E-state index contributed by atoms with van der Waals surface area (Å²) < 4.78 is 0. The average molecular weight is 157 g/mol. The number of aldehydes is 1. The fourth-order valence-electron chi connectivity index (χ4n) is 1.09. The van der Waals surface area contributed by atoms with Crippen molar-refractivity contribution in [3.05, 3.63) is 0 Å². The van der Waals surface area contributed by atoms with Gasteiger partial charge < -0.3 is 10.1 Å². The first kappa shape index (κ1) is 10.6. The predicted molar refractivity (Wildman–Crippen MR) is 47.6 cm³/mol. The van der Waals surface area contributed by atoms with Gasteiger partial charge >= 0.3 is 0 Å². The van der Waals surface area contributed by atoms with E-state index in [0.29, 0.717) is 5.92 Å². The highest BCUT2D eigenvalue weighted by atomic mass is 16.1. The van der Waals surface area contributed by atoms with Crippen LogP contribution in [0.15, 0.2) is 0 Å². The van der Waals surface area contributed by atoms with Gasteiger partial charge in [-0.25, -0.2) is 0 Å². The molecule has 0 amide bonds. The number of rotatable bonds is 2. The second-order valence-electron chi connectivity index (χ2n) is 2.89. The summed E-state index contributed by atoms with van der Waals surface area (Å²) >= 11 is 0. The van der Waals surface area contributed by atoms with Crippen molar-refractivity contribution in [3.8, 4) is 0 Å². The summed E-state index contributed by atoms with van der Waals surface area (Å²) in [5, 5.41) is 2.93. The van der Waals surface area contributed by atoms with Gasteiger partial charge in [0.15, 0.2) is 0 Å². The van der Waals surface area contributed by atoms with Gasteiger partial charge in [-0.3, -0.25) is 0 Å². The molecule has 0 unspecified atom stereocenters. The van der Waals surface area contributed by atoms with Gasteiger partial charge in [-0.1, -0.05) is 19.8 Å². The van der Waals surface area contributed by atoms with Gasteiger partial charge in [-0.2, -0.15) is 0 Å². The van der Waals surface area contributed by atoms with Crippen LogP contribution in [0.3, 0.4) is 0 Å². The van der Waals surface area contributed by atoms with Crippen molar-refractivity contribution in [2.45, 2.75) is 32.6 Å². The highest BCUT2D eigenvalue weighted by molar-refractivity contribution is 5.53. The minimum Gasteiger partial charge on any atom is -0.320 e. The summed E-state index contributed by atoms with van der Waals surface area (Å²) in [5.41, 5.74) is 0. The lowest BCUT2D eigenvalue weighted by Gasteiger charge is -1.90. The smallest absolute Gasteiger partial charge is 0.123 e. The van der Waals surface area contributed by atoms with E-state index in [1.54, 1.807) is 0 Å². The lowest BCUT2D eigenvalue weighted by molar-refractivity contribution is -0.110. The van der Waals surface area contributed by atoms with Gasteiger partial charge in [0.1, 0.15) is 6.29 Å². The Morgan fingerprint density at radius 2 is 1.91 bits per heavy atom. The monoisotopic (exact) mass is 157 g/mol. The van der Waals surface area contributed by atoms with E-state index in [-0.39, 0.29) is 0 Å². The summed E-state index contributed by atoms with van der Waals surface area (Å²) in [6.07, 6.45) is 5.91. The van der Waals surface area contributed by atoms with Crippen molar-refractivity contribution < 1.29 is 4.79 Å². The molecule has 0 aromatic heterocycles. The molecule has 0 aromatic carbocycles. The van der Waals surface area contributed by atoms with Gasteiger partial charge in [0.25, 0.3) is 0 Å². The third-order valence-corrected chi connectivity index (χ3v) is 1.95. The Bertz CT molecular complexity index is 85.6. The molecule has 2 nitrogen and oxygen atoms in total. The summed E-state index contributed by atoms with van der Waals surface area (Å²) in [7, 11) is 1.93. The van der Waals surface area contributed by atoms with Crippen molar-refractivity contribution in [1.29, 1.82) is 0 Å². The highest BCUT2D eigenvalue weighted by Gasteiger charge is 2.12. The van der Waals surface area contributed by atoms with E-state index in [2.05, 4.69) is 12.2 Å². The molecule has 2 heteroatoms. The van der Waals surface area contributed by atoms with Gasteiger partial charge in [0, 0.05) is 5.92 Å². The SMILES string of the molecule is CCNC.O=CC1CCCC1. The molecule has 0 aromatic rings. The van der Waals surface area contributed by atoms with E-state index in [1.165, 1.54) is 12.8 Å². The first-order chi connectivity index (χ1) is 5.35. The molecular weight excluding hydrogens is 138 g/mol. The third kappa shape index (κ3) is 6.05. The van der Waals surface area contributed by atoms with Crippen LogP contribution < -0.4 is 5.32 Å². The van der Waals surface area contributed by atoms with E-state index in [0.717, 1.165) is 25.7 Å². The van der Waals surface area contributed by atoms with Crippen molar-refractivity contribution in [3.63, 3.8) is 0 Å². The van der Waals surface area contributed by atoms with Crippen LogP contribution >= 0.6 is 0 Å². The quantitative estimate of drug-likeness (QED) is 0.617. The zero-order valence-electron chi connectivity index (χ0n) is 7.60. The predicted octanol–water partition coefficient (Wildman–Crippen LogP) is 1.60. The van der Waals surface area contributed by atoms with Crippen molar-refractivity contribution in [1.82, 2.24) is 5.32 Å². The Morgan fingerprint density at radius 3 is 2.09 bits per heavy atom. The van der Waals surface area contributed by atoms with E-state index in [1.807, 2.05) is 7.05 Å². The largest absolute Gasteiger partial charge is 0.320 e. The molecule has 0 atom stereocenters. The highest BCUT2D eigenvalue weighted by Crippen LogP contribution is 2.21. The first-order valence-electron chi connectivity index (χ1n) is 4.45. The normalized spacial score (nSPS) is 17.3. The van der Waals surface area contributed by atoms with Gasteiger partial charge in [-0.15, -0.1) is 0 Å². The Morgan fingerprint density at radius 1 is 1.45 bits per heavy atom. The standard InChI is InChI=1S/C6H10O.C3H9N/c7-5-6-3-1-2-4-6;1-3-4-2/h5-6H,1-4H2;4H,3H2,1-2H3. The summed E-state index contributed by atoms with van der Waals surface area (Å²) in [5.74, 6) is 0.417. The van der Waals surface area contributed by atoms with Crippen LogP contribution in [0.25, 0.3) is 0 Å². The summed E-state index contributed by atoms with van der Waals surface area (Å²) in [6, 6.07) is 0. The van der Waals surface area contributed by atoms with E-state index < -0.39 is 0 Å². The number of carbonyl (C=O) groups excluding carboxylic acids is 1. The molecule has 1 aliphatic rings. The number of hydrogen-bond donors (Lipinski definition) is 1. The maximum atomic E-state index is 10.0. The molecule has 1 N–H and O–H groups in total. The molecule has 1 fully saturated rings. The number of nitrogens with one attached hydrogen (secondary N) is 1. The molecule has 1 rings (SSSR count). The first-order valence-corrected chi connectivity index (χ1v) is 4.45. The fourth-order valence-corrected chi connectivity index (χ4v) is 1.09. The molecule has 0 spiro atoms. The Labute approximate surface area is 69.4 Å². The van der Waals surface area contributed by atoms with Crippen LogP contribution in [0.5, 0.6) is 0 Å². The van der Waals surface area contributed by atoms with Crippen LogP contribution in [-0.4, -0.2) is 19.9 Å². The van der Waals surface area contributed by atoms with Crippen molar-refractivity contribution >= 4 is 6.29 Å². The number of hydrogen-bond acceptors (Lipinski definition) is 2. The molecule has 0 saturated heterocycles. The summed E-state index contributed by atoms with van der Waals surface area (Å²) in [6.45, 7) is 3.14. The molecule has 1 aliphatic carbocycles. The molecule has 11 heavy (non-hydrogen) atoms. The second-order valence-corrected chi connectivity index (χ2v) is 2.89. The second kappa shape index (κ2) is 7.73. The Balaban J connectivity index is 0.000000218. The Kier molecular flexibility index (Phi) is 7.47. The van der Waals surface area contributed by atoms with Crippen molar-refractivity contribution in [2.75, 3.05) is 13.6 Å².